The maximum absolute atomic E-state index is 11.6. The first-order valence-electron chi connectivity index (χ1n) is 8.96. The summed E-state index contributed by atoms with van der Waals surface area (Å²) < 4.78 is 5.43. The molecule has 2 fully saturated rings. The van der Waals surface area contributed by atoms with Gasteiger partial charge in [0.2, 0.25) is 5.91 Å². The molecule has 0 aromatic heterocycles. The van der Waals surface area contributed by atoms with E-state index in [-0.39, 0.29) is 12.3 Å². The van der Waals surface area contributed by atoms with Crippen LogP contribution in [0.1, 0.15) is 32.1 Å². The molecule has 6 heteroatoms. The number of rotatable bonds is 4. The largest absolute Gasteiger partial charge is 0.494 e. The van der Waals surface area contributed by atoms with Gasteiger partial charge in [0.25, 0.3) is 0 Å². The number of nitriles is 1. The molecular formula is C19H26N4O2. The van der Waals surface area contributed by atoms with E-state index in [0.717, 1.165) is 31.9 Å². The topological polar surface area (TPSA) is 77.4 Å². The second-order valence-electron chi connectivity index (χ2n) is 7.00. The highest BCUT2D eigenvalue weighted by Crippen LogP contribution is 2.41. The summed E-state index contributed by atoms with van der Waals surface area (Å²) in [7, 11) is 1.60. The van der Waals surface area contributed by atoms with Gasteiger partial charge in [0.15, 0.2) is 0 Å². The van der Waals surface area contributed by atoms with E-state index in [9.17, 15) is 4.79 Å². The Kier molecular flexibility index (Phi) is 5.44. The Morgan fingerprint density at radius 3 is 2.68 bits per heavy atom. The van der Waals surface area contributed by atoms with Gasteiger partial charge in [0, 0.05) is 24.8 Å². The molecule has 1 aromatic carbocycles. The summed E-state index contributed by atoms with van der Waals surface area (Å²) in [6, 6.07) is 7.70. The van der Waals surface area contributed by atoms with Crippen molar-refractivity contribution >= 4 is 17.3 Å². The molecule has 134 valence electrons. The van der Waals surface area contributed by atoms with Crippen LogP contribution in [0.15, 0.2) is 18.2 Å². The molecule has 1 spiro atoms. The molecule has 25 heavy (non-hydrogen) atoms. The molecule has 1 amide bonds. The first-order chi connectivity index (χ1) is 12.2. The van der Waals surface area contributed by atoms with E-state index < -0.39 is 0 Å². The van der Waals surface area contributed by atoms with E-state index in [1.54, 1.807) is 7.11 Å². The van der Waals surface area contributed by atoms with Gasteiger partial charge in [-0.15, -0.1) is 0 Å². The summed E-state index contributed by atoms with van der Waals surface area (Å²) in [4.78, 5) is 14.0. The number of carbonyl (C=O) groups is 1. The Morgan fingerprint density at radius 1 is 1.32 bits per heavy atom. The second-order valence-corrected chi connectivity index (χ2v) is 7.00. The SMILES string of the molecule is COc1cc(N2CCC3(CCNCC3)CC2)ccc1NC(=O)CC#N. The summed E-state index contributed by atoms with van der Waals surface area (Å²) in [5, 5.41) is 14.8. The van der Waals surface area contributed by atoms with Crippen molar-refractivity contribution in [3.05, 3.63) is 18.2 Å². The molecule has 0 bridgehead atoms. The smallest absolute Gasteiger partial charge is 0.238 e. The van der Waals surface area contributed by atoms with Crippen LogP contribution in [0, 0.1) is 16.7 Å². The number of hydrogen-bond acceptors (Lipinski definition) is 5. The lowest BCUT2D eigenvalue weighted by molar-refractivity contribution is -0.115. The van der Waals surface area contributed by atoms with Crippen LogP contribution < -0.4 is 20.3 Å². The van der Waals surface area contributed by atoms with Gasteiger partial charge in [-0.05, 0) is 56.3 Å². The highest BCUT2D eigenvalue weighted by atomic mass is 16.5. The van der Waals surface area contributed by atoms with Gasteiger partial charge in [0.05, 0.1) is 18.9 Å². The zero-order valence-electron chi connectivity index (χ0n) is 14.8. The quantitative estimate of drug-likeness (QED) is 0.879. The maximum atomic E-state index is 11.6. The van der Waals surface area contributed by atoms with Gasteiger partial charge in [-0.25, -0.2) is 0 Å². The molecule has 2 aliphatic rings. The summed E-state index contributed by atoms with van der Waals surface area (Å²) >= 11 is 0. The summed E-state index contributed by atoms with van der Waals surface area (Å²) in [6.45, 7) is 4.41. The third-order valence-electron chi connectivity index (χ3n) is 5.55. The van der Waals surface area contributed by atoms with E-state index in [0.29, 0.717) is 16.9 Å². The van der Waals surface area contributed by atoms with Crippen molar-refractivity contribution < 1.29 is 9.53 Å². The van der Waals surface area contributed by atoms with Gasteiger partial charge >= 0.3 is 0 Å². The van der Waals surface area contributed by atoms with Crippen LogP contribution in [0.2, 0.25) is 0 Å². The number of nitrogens with zero attached hydrogens (tertiary/aromatic N) is 2. The normalized spacial score (nSPS) is 19.3. The van der Waals surface area contributed by atoms with Crippen LogP contribution >= 0.6 is 0 Å². The minimum atomic E-state index is -0.320. The van der Waals surface area contributed by atoms with E-state index in [1.807, 2.05) is 24.3 Å². The maximum Gasteiger partial charge on any atom is 0.238 e. The van der Waals surface area contributed by atoms with Gasteiger partial charge in [0.1, 0.15) is 12.2 Å². The summed E-state index contributed by atoms with van der Waals surface area (Å²) in [5.41, 5.74) is 2.26. The molecular weight excluding hydrogens is 316 g/mol. The van der Waals surface area contributed by atoms with E-state index in [2.05, 4.69) is 15.5 Å². The minimum Gasteiger partial charge on any atom is -0.494 e. The third-order valence-corrected chi connectivity index (χ3v) is 5.55. The predicted molar refractivity (Wildman–Crippen MR) is 97.8 cm³/mol. The molecule has 0 unspecified atom stereocenters. The van der Waals surface area contributed by atoms with Gasteiger partial charge in [-0.2, -0.15) is 5.26 Å². The van der Waals surface area contributed by atoms with Crippen molar-refractivity contribution in [1.29, 1.82) is 5.26 Å². The molecule has 3 rings (SSSR count). The molecule has 0 aliphatic carbocycles. The second kappa shape index (κ2) is 7.75. The van der Waals surface area contributed by atoms with Crippen LogP contribution in [0.3, 0.4) is 0 Å². The van der Waals surface area contributed by atoms with Crippen LogP contribution in [-0.2, 0) is 4.79 Å². The fraction of sp³-hybridized carbons (Fsp3) is 0.579. The molecule has 0 radical (unpaired) electrons. The highest BCUT2D eigenvalue weighted by molar-refractivity contribution is 5.93. The van der Waals surface area contributed by atoms with E-state index in [1.165, 1.54) is 25.7 Å². The van der Waals surface area contributed by atoms with Gasteiger partial charge in [-0.1, -0.05) is 0 Å². The zero-order chi connectivity index (χ0) is 17.7. The predicted octanol–water partition coefficient (Wildman–Crippen LogP) is 2.52. The van der Waals surface area contributed by atoms with Crippen molar-refractivity contribution in [1.82, 2.24) is 5.32 Å². The van der Waals surface area contributed by atoms with Crippen LogP contribution in [0.25, 0.3) is 0 Å². The van der Waals surface area contributed by atoms with Gasteiger partial charge < -0.3 is 20.3 Å². The lowest BCUT2D eigenvalue weighted by atomic mass is 9.71. The highest BCUT2D eigenvalue weighted by Gasteiger charge is 2.35. The number of methoxy groups -OCH3 is 1. The van der Waals surface area contributed by atoms with Gasteiger partial charge in [-0.3, -0.25) is 4.79 Å². The molecule has 2 N–H and O–H groups in total. The Hall–Kier alpha value is -2.26. The van der Waals surface area contributed by atoms with Crippen molar-refractivity contribution in [2.75, 3.05) is 43.5 Å². The summed E-state index contributed by atoms with van der Waals surface area (Å²) in [6.07, 6.45) is 4.88. The van der Waals surface area contributed by atoms with Crippen LogP contribution in [0.4, 0.5) is 11.4 Å². The molecule has 0 atom stereocenters. The van der Waals surface area contributed by atoms with Crippen molar-refractivity contribution in [3.63, 3.8) is 0 Å². The Morgan fingerprint density at radius 2 is 2.04 bits per heavy atom. The van der Waals surface area contributed by atoms with Crippen molar-refractivity contribution in [3.8, 4) is 11.8 Å². The van der Waals surface area contributed by atoms with E-state index in [4.69, 9.17) is 10.00 Å². The first kappa shape index (κ1) is 17.6. The minimum absolute atomic E-state index is 0.159. The number of ether oxygens (including phenoxy) is 1. The Balaban J connectivity index is 1.67. The number of piperidine rings is 2. The number of amides is 1. The number of benzene rings is 1. The zero-order valence-corrected chi connectivity index (χ0v) is 14.8. The average molecular weight is 342 g/mol. The van der Waals surface area contributed by atoms with Crippen LogP contribution in [0.5, 0.6) is 5.75 Å². The first-order valence-corrected chi connectivity index (χ1v) is 8.96. The van der Waals surface area contributed by atoms with Crippen molar-refractivity contribution in [2.24, 2.45) is 5.41 Å². The lowest BCUT2D eigenvalue weighted by Crippen LogP contribution is -2.45. The monoisotopic (exact) mass is 342 g/mol. The third kappa shape index (κ3) is 4.05. The fourth-order valence-corrected chi connectivity index (χ4v) is 3.94. The summed E-state index contributed by atoms with van der Waals surface area (Å²) in [5.74, 6) is 0.310. The molecule has 2 aliphatic heterocycles. The number of carbonyl (C=O) groups excluding carboxylic acids is 1. The molecule has 2 heterocycles. The van der Waals surface area contributed by atoms with Crippen molar-refractivity contribution in [2.45, 2.75) is 32.1 Å². The molecule has 1 aromatic rings. The molecule has 6 nitrogen and oxygen atoms in total. The average Bonchev–Trinajstić information content (AvgIpc) is 2.64. The Labute approximate surface area is 149 Å². The number of hydrogen-bond donors (Lipinski definition) is 2. The fourth-order valence-electron chi connectivity index (χ4n) is 3.94. The number of nitrogens with one attached hydrogen (secondary N) is 2. The lowest BCUT2D eigenvalue weighted by Gasteiger charge is -2.45. The molecule has 2 saturated heterocycles. The Bertz CT molecular complexity index is 652. The van der Waals surface area contributed by atoms with Crippen LogP contribution in [-0.4, -0.2) is 39.2 Å². The standard InChI is InChI=1S/C19H26N4O2/c1-25-17-14-15(2-3-16(17)22-18(24)4-9-20)23-12-7-19(8-13-23)5-10-21-11-6-19/h2-3,14,21H,4-8,10-13H2,1H3,(H,22,24). The molecule has 0 saturated carbocycles. The number of anilines is 2. The van der Waals surface area contributed by atoms with E-state index >= 15 is 0 Å².